The molecule has 1 aromatic carbocycles. The topological polar surface area (TPSA) is 86.0 Å². The predicted molar refractivity (Wildman–Crippen MR) is 128 cm³/mol. The molecule has 0 aliphatic carbocycles. The zero-order valence-corrected chi connectivity index (χ0v) is 19.7. The number of aromatic nitrogens is 5. The van der Waals surface area contributed by atoms with Crippen LogP contribution in [-0.4, -0.2) is 44.2 Å². The number of halogens is 2. The SMILES string of the molecule is Cc1cc(C2CN(c3nc(-c4ccc(Cl)cc4F)c4nc(C)n(C)c(=O)c4n3)CCO2)ccn1. The number of nitrogens with zero attached hydrogens (tertiary/aromatic N) is 6. The minimum Gasteiger partial charge on any atom is -0.370 e. The van der Waals surface area contributed by atoms with Gasteiger partial charge in [0.2, 0.25) is 5.95 Å². The van der Waals surface area contributed by atoms with Gasteiger partial charge in [-0.2, -0.15) is 0 Å². The molecule has 0 N–H and O–H groups in total. The second-order valence-corrected chi connectivity index (χ2v) is 8.69. The molecule has 5 rings (SSSR count). The number of anilines is 1. The summed E-state index contributed by atoms with van der Waals surface area (Å²) in [5, 5.41) is 0.267. The zero-order valence-electron chi connectivity index (χ0n) is 18.9. The van der Waals surface area contributed by atoms with Gasteiger partial charge in [0.25, 0.3) is 5.56 Å². The lowest BCUT2D eigenvalue weighted by atomic mass is 10.1. The Labute approximate surface area is 200 Å². The quantitative estimate of drug-likeness (QED) is 0.441. The molecule has 0 bridgehead atoms. The Morgan fingerprint density at radius 3 is 2.71 bits per heavy atom. The molecule has 0 radical (unpaired) electrons. The molecule has 174 valence electrons. The van der Waals surface area contributed by atoms with Gasteiger partial charge in [-0.1, -0.05) is 11.6 Å². The molecule has 0 saturated carbocycles. The van der Waals surface area contributed by atoms with Crippen LogP contribution in [0.3, 0.4) is 0 Å². The second-order valence-electron chi connectivity index (χ2n) is 8.25. The van der Waals surface area contributed by atoms with Crippen LogP contribution >= 0.6 is 11.6 Å². The second kappa shape index (κ2) is 8.73. The third-order valence-electron chi connectivity index (χ3n) is 5.97. The number of rotatable bonds is 3. The molecular formula is C24H22ClFN6O2. The Bertz CT molecular complexity index is 1470. The van der Waals surface area contributed by atoms with Crippen molar-refractivity contribution in [3.63, 3.8) is 0 Å². The Hall–Kier alpha value is -3.43. The molecule has 1 aliphatic heterocycles. The Morgan fingerprint density at radius 1 is 1.12 bits per heavy atom. The molecule has 4 heterocycles. The largest absolute Gasteiger partial charge is 0.370 e. The molecule has 8 nitrogen and oxygen atoms in total. The van der Waals surface area contributed by atoms with Crippen LogP contribution in [0, 0.1) is 19.7 Å². The summed E-state index contributed by atoms with van der Waals surface area (Å²) in [6.45, 7) is 5.07. The summed E-state index contributed by atoms with van der Waals surface area (Å²) >= 11 is 5.96. The molecule has 3 aromatic heterocycles. The first-order valence-electron chi connectivity index (χ1n) is 10.8. The van der Waals surface area contributed by atoms with Crippen molar-refractivity contribution in [3.8, 4) is 11.3 Å². The molecule has 1 saturated heterocycles. The van der Waals surface area contributed by atoms with E-state index in [9.17, 15) is 9.18 Å². The number of benzene rings is 1. The summed E-state index contributed by atoms with van der Waals surface area (Å²) in [6, 6.07) is 8.23. The smallest absolute Gasteiger partial charge is 0.279 e. The van der Waals surface area contributed by atoms with E-state index >= 15 is 0 Å². The normalized spacial score (nSPS) is 16.3. The van der Waals surface area contributed by atoms with Crippen LogP contribution in [0.1, 0.15) is 23.2 Å². The van der Waals surface area contributed by atoms with E-state index in [4.69, 9.17) is 21.3 Å². The van der Waals surface area contributed by atoms with E-state index in [2.05, 4.69) is 15.0 Å². The Balaban J connectivity index is 1.66. The first-order valence-corrected chi connectivity index (χ1v) is 11.2. The van der Waals surface area contributed by atoms with Crippen molar-refractivity contribution in [3.05, 3.63) is 74.8 Å². The van der Waals surface area contributed by atoms with E-state index in [-0.39, 0.29) is 39.0 Å². The summed E-state index contributed by atoms with van der Waals surface area (Å²) in [5.41, 5.74) is 2.40. The first kappa shape index (κ1) is 22.4. The minimum absolute atomic E-state index is 0.130. The highest BCUT2D eigenvalue weighted by atomic mass is 35.5. The van der Waals surface area contributed by atoms with Crippen molar-refractivity contribution in [1.29, 1.82) is 0 Å². The van der Waals surface area contributed by atoms with Gasteiger partial charge in [-0.3, -0.25) is 14.3 Å². The van der Waals surface area contributed by atoms with E-state index in [1.54, 1.807) is 32.3 Å². The molecule has 10 heteroatoms. The molecular weight excluding hydrogens is 459 g/mol. The fourth-order valence-corrected chi connectivity index (χ4v) is 4.21. The fraction of sp³-hybridized carbons (Fsp3) is 0.292. The van der Waals surface area contributed by atoms with E-state index in [0.717, 1.165) is 11.3 Å². The maximum Gasteiger partial charge on any atom is 0.279 e. The third kappa shape index (κ3) is 4.01. The Kier molecular flexibility index (Phi) is 5.75. The maximum atomic E-state index is 14.9. The van der Waals surface area contributed by atoms with Gasteiger partial charge in [0.15, 0.2) is 5.52 Å². The number of fused-ring (bicyclic) bond motifs is 1. The molecule has 1 aliphatic rings. The lowest BCUT2D eigenvalue weighted by molar-refractivity contribution is 0.0391. The van der Waals surface area contributed by atoms with E-state index in [1.807, 2.05) is 24.0 Å². The summed E-state index contributed by atoms with van der Waals surface area (Å²) in [7, 11) is 1.63. The van der Waals surface area contributed by atoms with Crippen LogP contribution in [0.25, 0.3) is 22.3 Å². The van der Waals surface area contributed by atoms with Crippen molar-refractivity contribution in [2.24, 2.45) is 7.05 Å². The summed E-state index contributed by atoms with van der Waals surface area (Å²) in [4.78, 5) is 33.1. The van der Waals surface area contributed by atoms with E-state index < -0.39 is 5.82 Å². The maximum absolute atomic E-state index is 14.9. The van der Waals surface area contributed by atoms with Crippen LogP contribution in [0.5, 0.6) is 0 Å². The zero-order chi connectivity index (χ0) is 24.0. The van der Waals surface area contributed by atoms with Gasteiger partial charge < -0.3 is 9.64 Å². The van der Waals surface area contributed by atoms with Crippen molar-refractivity contribution >= 4 is 28.6 Å². The van der Waals surface area contributed by atoms with Gasteiger partial charge in [-0.05, 0) is 49.7 Å². The van der Waals surface area contributed by atoms with Crippen molar-refractivity contribution in [2.45, 2.75) is 20.0 Å². The predicted octanol–water partition coefficient (Wildman–Crippen LogP) is 3.77. The van der Waals surface area contributed by atoms with Crippen LogP contribution < -0.4 is 10.5 Å². The first-order chi connectivity index (χ1) is 16.3. The highest BCUT2D eigenvalue weighted by molar-refractivity contribution is 6.30. The molecule has 1 fully saturated rings. The number of aryl methyl sites for hydroxylation is 2. The van der Waals surface area contributed by atoms with Crippen molar-refractivity contribution in [1.82, 2.24) is 24.5 Å². The van der Waals surface area contributed by atoms with Gasteiger partial charge in [0.05, 0.1) is 13.2 Å². The number of morpholine rings is 1. The van der Waals surface area contributed by atoms with Gasteiger partial charge in [0, 0.05) is 36.1 Å². The summed E-state index contributed by atoms with van der Waals surface area (Å²) in [6.07, 6.45) is 1.53. The minimum atomic E-state index is -0.550. The van der Waals surface area contributed by atoms with Gasteiger partial charge in [-0.25, -0.2) is 19.3 Å². The number of hydrogen-bond donors (Lipinski definition) is 0. The van der Waals surface area contributed by atoms with Gasteiger partial charge >= 0.3 is 0 Å². The molecule has 34 heavy (non-hydrogen) atoms. The van der Waals surface area contributed by atoms with Crippen molar-refractivity contribution < 1.29 is 9.13 Å². The number of hydrogen-bond acceptors (Lipinski definition) is 7. The van der Waals surface area contributed by atoms with Crippen LogP contribution in [0.2, 0.25) is 5.02 Å². The van der Waals surface area contributed by atoms with E-state index in [1.165, 1.54) is 10.6 Å². The van der Waals surface area contributed by atoms with Gasteiger partial charge in [-0.15, -0.1) is 0 Å². The molecule has 4 aromatic rings. The van der Waals surface area contributed by atoms with Gasteiger partial charge in [0.1, 0.15) is 29.0 Å². The molecule has 1 atom stereocenters. The van der Waals surface area contributed by atoms with E-state index in [0.29, 0.717) is 31.5 Å². The van der Waals surface area contributed by atoms with Crippen LogP contribution in [0.15, 0.2) is 41.3 Å². The van der Waals surface area contributed by atoms with Crippen molar-refractivity contribution in [2.75, 3.05) is 24.6 Å². The van der Waals surface area contributed by atoms with Crippen LogP contribution in [-0.2, 0) is 11.8 Å². The summed E-state index contributed by atoms with van der Waals surface area (Å²) in [5.74, 6) is 0.244. The highest BCUT2D eigenvalue weighted by Gasteiger charge is 2.27. The van der Waals surface area contributed by atoms with Crippen LogP contribution in [0.4, 0.5) is 10.3 Å². The summed E-state index contributed by atoms with van der Waals surface area (Å²) < 4.78 is 22.3. The average molecular weight is 481 g/mol. The highest BCUT2D eigenvalue weighted by Crippen LogP contribution is 2.31. The number of pyridine rings is 1. The monoisotopic (exact) mass is 480 g/mol. The molecule has 0 amide bonds. The lowest BCUT2D eigenvalue weighted by Crippen LogP contribution is -2.39. The molecule has 0 spiro atoms. The average Bonchev–Trinajstić information content (AvgIpc) is 2.82. The lowest BCUT2D eigenvalue weighted by Gasteiger charge is -2.33. The standard InChI is InChI=1S/C24H22ClFN6O2/c1-13-10-15(6-7-27-13)19-12-32(8-9-34-19)24-29-20(17-5-4-16(25)11-18(17)26)21-22(30-24)23(33)31(3)14(2)28-21/h4-7,10-11,19H,8-9,12H2,1-3H3. The Morgan fingerprint density at radius 2 is 1.94 bits per heavy atom. The number of ether oxygens (including phenoxy) is 1. The third-order valence-corrected chi connectivity index (χ3v) is 6.20. The fourth-order valence-electron chi connectivity index (χ4n) is 4.05. The molecule has 1 unspecified atom stereocenters.